The van der Waals surface area contributed by atoms with Crippen LogP contribution in [0.4, 0.5) is 17.6 Å². The molecule has 0 saturated heterocycles. The van der Waals surface area contributed by atoms with Crippen LogP contribution in [0.25, 0.3) is 0 Å². The Bertz CT molecular complexity index is 670. The zero-order valence-electron chi connectivity index (χ0n) is 9.18. The van der Waals surface area contributed by atoms with Crippen LogP contribution in [0, 0.1) is 23.3 Å². The summed E-state index contributed by atoms with van der Waals surface area (Å²) in [5, 5.41) is 0. The van der Waals surface area contributed by atoms with Crippen LogP contribution >= 0.6 is 15.9 Å². The first-order valence-electron chi connectivity index (χ1n) is 5.05. The van der Waals surface area contributed by atoms with Gasteiger partial charge in [-0.25, -0.2) is 17.6 Å². The third-order valence-corrected chi connectivity index (χ3v) is 2.95. The van der Waals surface area contributed by atoms with Gasteiger partial charge in [-0.3, -0.25) is 4.79 Å². The topological polar surface area (TPSA) is 17.1 Å². The van der Waals surface area contributed by atoms with Gasteiger partial charge in [0.15, 0.2) is 23.2 Å². The van der Waals surface area contributed by atoms with Crippen LogP contribution in [0.1, 0.15) is 15.9 Å². The molecule has 6 heteroatoms. The highest BCUT2D eigenvalue weighted by atomic mass is 79.9. The standard InChI is InChI=1S/C13H5BrF4O/c14-6-1-2-7(10(16)5-6)13(19)8-3-4-9(15)12(18)11(8)17/h1-5H. The van der Waals surface area contributed by atoms with E-state index >= 15 is 0 Å². The van der Waals surface area contributed by atoms with Gasteiger partial charge in [0.25, 0.3) is 0 Å². The highest BCUT2D eigenvalue weighted by Gasteiger charge is 2.22. The first kappa shape index (κ1) is 13.7. The summed E-state index contributed by atoms with van der Waals surface area (Å²) < 4.78 is 53.2. The lowest BCUT2D eigenvalue weighted by Crippen LogP contribution is -2.09. The monoisotopic (exact) mass is 332 g/mol. The molecule has 2 aromatic carbocycles. The Morgan fingerprint density at radius 2 is 1.47 bits per heavy atom. The molecular formula is C13H5BrF4O. The molecule has 0 fully saturated rings. The lowest BCUT2D eigenvalue weighted by Gasteiger charge is -2.05. The number of carbonyl (C=O) groups excluding carboxylic acids is 1. The Kier molecular flexibility index (Phi) is 3.71. The molecule has 0 heterocycles. The zero-order chi connectivity index (χ0) is 14.2. The summed E-state index contributed by atoms with van der Waals surface area (Å²) in [5.41, 5.74) is -1.15. The maximum absolute atomic E-state index is 13.6. The molecule has 0 N–H and O–H groups in total. The van der Waals surface area contributed by atoms with Gasteiger partial charge in [-0.2, -0.15) is 0 Å². The first-order chi connectivity index (χ1) is 8.91. The van der Waals surface area contributed by atoms with E-state index < -0.39 is 40.2 Å². The lowest BCUT2D eigenvalue weighted by atomic mass is 10.0. The second-order valence-electron chi connectivity index (χ2n) is 3.68. The third-order valence-electron chi connectivity index (χ3n) is 2.46. The Morgan fingerprint density at radius 1 is 0.842 bits per heavy atom. The molecule has 0 spiro atoms. The number of carbonyl (C=O) groups is 1. The van der Waals surface area contributed by atoms with E-state index in [0.717, 1.165) is 18.2 Å². The van der Waals surface area contributed by atoms with Crippen molar-refractivity contribution in [3.63, 3.8) is 0 Å². The van der Waals surface area contributed by atoms with Gasteiger partial charge in [-0.1, -0.05) is 15.9 Å². The van der Waals surface area contributed by atoms with Gasteiger partial charge in [-0.15, -0.1) is 0 Å². The summed E-state index contributed by atoms with van der Waals surface area (Å²) in [6, 6.07) is 4.92. The van der Waals surface area contributed by atoms with Crippen molar-refractivity contribution in [1.29, 1.82) is 0 Å². The average Bonchev–Trinajstić information content (AvgIpc) is 2.35. The molecular weight excluding hydrogens is 328 g/mol. The first-order valence-corrected chi connectivity index (χ1v) is 5.84. The summed E-state index contributed by atoms with van der Waals surface area (Å²) >= 11 is 3.00. The van der Waals surface area contributed by atoms with E-state index in [1.165, 1.54) is 6.07 Å². The summed E-state index contributed by atoms with van der Waals surface area (Å²) in [4.78, 5) is 11.9. The minimum atomic E-state index is -1.76. The zero-order valence-corrected chi connectivity index (χ0v) is 10.8. The largest absolute Gasteiger partial charge is 0.288 e. The molecule has 0 saturated carbocycles. The molecule has 1 nitrogen and oxygen atoms in total. The van der Waals surface area contributed by atoms with Crippen LogP contribution < -0.4 is 0 Å². The SMILES string of the molecule is O=C(c1ccc(Br)cc1F)c1ccc(F)c(F)c1F. The van der Waals surface area contributed by atoms with Crippen LogP contribution in [-0.4, -0.2) is 5.78 Å². The van der Waals surface area contributed by atoms with Crippen LogP contribution in [0.3, 0.4) is 0 Å². The Balaban J connectivity index is 2.53. The maximum atomic E-state index is 13.6. The normalized spacial score (nSPS) is 10.6. The Morgan fingerprint density at radius 3 is 2.11 bits per heavy atom. The molecule has 0 aliphatic rings. The number of benzene rings is 2. The molecule has 0 aliphatic carbocycles. The second kappa shape index (κ2) is 5.13. The molecule has 0 aromatic heterocycles. The smallest absolute Gasteiger partial charge is 0.199 e. The van der Waals surface area contributed by atoms with Crippen LogP contribution in [0.5, 0.6) is 0 Å². The fourth-order valence-corrected chi connectivity index (χ4v) is 1.85. The van der Waals surface area contributed by atoms with Gasteiger partial charge in [0.2, 0.25) is 0 Å². The van der Waals surface area contributed by atoms with E-state index in [4.69, 9.17) is 0 Å². The number of ketones is 1. The van der Waals surface area contributed by atoms with Gasteiger partial charge in [0, 0.05) is 4.47 Å². The summed E-state index contributed by atoms with van der Waals surface area (Å²) in [6.45, 7) is 0. The van der Waals surface area contributed by atoms with Crippen molar-refractivity contribution in [3.05, 3.63) is 69.2 Å². The Hall–Kier alpha value is -1.69. The van der Waals surface area contributed by atoms with Crippen molar-refractivity contribution in [2.45, 2.75) is 0 Å². The van der Waals surface area contributed by atoms with Crippen LogP contribution in [0.2, 0.25) is 0 Å². The third kappa shape index (κ3) is 2.53. The van der Waals surface area contributed by atoms with E-state index in [1.807, 2.05) is 0 Å². The van der Waals surface area contributed by atoms with E-state index in [-0.39, 0.29) is 0 Å². The predicted octanol–water partition coefficient (Wildman–Crippen LogP) is 4.24. The molecule has 2 rings (SSSR count). The van der Waals surface area contributed by atoms with Crippen molar-refractivity contribution in [1.82, 2.24) is 0 Å². The van der Waals surface area contributed by atoms with E-state index in [2.05, 4.69) is 15.9 Å². The van der Waals surface area contributed by atoms with Gasteiger partial charge in [-0.05, 0) is 30.3 Å². The van der Waals surface area contributed by atoms with Crippen molar-refractivity contribution in [2.75, 3.05) is 0 Å². The second-order valence-corrected chi connectivity index (χ2v) is 4.59. The van der Waals surface area contributed by atoms with E-state index in [0.29, 0.717) is 10.5 Å². The Labute approximate surface area is 114 Å². The minimum Gasteiger partial charge on any atom is -0.288 e. The maximum Gasteiger partial charge on any atom is 0.199 e. The number of hydrogen-bond donors (Lipinski definition) is 0. The molecule has 0 amide bonds. The van der Waals surface area contributed by atoms with Gasteiger partial charge in [0.05, 0.1) is 11.1 Å². The summed E-state index contributed by atoms with van der Waals surface area (Å²) in [7, 11) is 0. The van der Waals surface area contributed by atoms with Gasteiger partial charge in [0.1, 0.15) is 5.82 Å². The highest BCUT2D eigenvalue weighted by molar-refractivity contribution is 9.10. The van der Waals surface area contributed by atoms with Crippen molar-refractivity contribution >= 4 is 21.7 Å². The molecule has 0 unspecified atom stereocenters. The molecule has 19 heavy (non-hydrogen) atoms. The van der Waals surface area contributed by atoms with E-state index in [9.17, 15) is 22.4 Å². The quantitative estimate of drug-likeness (QED) is 0.457. The average molecular weight is 333 g/mol. The highest BCUT2D eigenvalue weighted by Crippen LogP contribution is 2.22. The van der Waals surface area contributed by atoms with Crippen LogP contribution in [-0.2, 0) is 0 Å². The van der Waals surface area contributed by atoms with Gasteiger partial charge >= 0.3 is 0 Å². The fraction of sp³-hybridized carbons (Fsp3) is 0. The molecule has 0 aliphatic heterocycles. The molecule has 0 atom stereocenters. The number of halogens is 5. The predicted molar refractivity (Wildman–Crippen MR) is 63.8 cm³/mol. The van der Waals surface area contributed by atoms with Gasteiger partial charge < -0.3 is 0 Å². The number of rotatable bonds is 2. The molecule has 98 valence electrons. The van der Waals surface area contributed by atoms with Crippen LogP contribution in [0.15, 0.2) is 34.8 Å². The number of hydrogen-bond acceptors (Lipinski definition) is 1. The summed E-state index contributed by atoms with van der Waals surface area (Å²) in [6.07, 6.45) is 0. The molecule has 2 aromatic rings. The van der Waals surface area contributed by atoms with Crippen molar-refractivity contribution in [3.8, 4) is 0 Å². The fourth-order valence-electron chi connectivity index (χ4n) is 1.52. The molecule has 0 bridgehead atoms. The molecule has 0 radical (unpaired) electrons. The summed E-state index contributed by atoms with van der Waals surface area (Å²) in [5.74, 6) is -6.74. The van der Waals surface area contributed by atoms with Crippen molar-refractivity contribution < 1.29 is 22.4 Å². The van der Waals surface area contributed by atoms with Crippen molar-refractivity contribution in [2.24, 2.45) is 0 Å². The lowest BCUT2D eigenvalue weighted by molar-refractivity contribution is 0.103. The minimum absolute atomic E-state index is 0.396. The van der Waals surface area contributed by atoms with E-state index in [1.54, 1.807) is 0 Å².